The first-order chi connectivity index (χ1) is 13.0. The van der Waals surface area contributed by atoms with Gasteiger partial charge in [0.25, 0.3) is 0 Å². The standard InChI is InChI=1S/C16H24N8O3/c17-13-10(14(18)24-15(19)23-13)4-2-1-3-9-11(5-7-20-27)21-16(26)22-12(9)6-8-25/h25H,1-8H2,(H,21,22,26)(H6,17,18,19,23,24). The van der Waals surface area contributed by atoms with E-state index in [1.165, 1.54) is 0 Å². The second-order valence-electron chi connectivity index (χ2n) is 6.06. The zero-order valence-corrected chi connectivity index (χ0v) is 14.9. The van der Waals surface area contributed by atoms with E-state index in [1.807, 2.05) is 0 Å². The number of aromatic amines is 1. The highest BCUT2D eigenvalue weighted by atomic mass is 16.3. The van der Waals surface area contributed by atoms with E-state index < -0.39 is 5.69 Å². The first kappa shape index (κ1) is 20.2. The van der Waals surface area contributed by atoms with Crippen LogP contribution in [0.15, 0.2) is 9.97 Å². The molecular weight excluding hydrogens is 352 g/mol. The van der Waals surface area contributed by atoms with Crippen molar-refractivity contribution < 1.29 is 5.11 Å². The second-order valence-corrected chi connectivity index (χ2v) is 6.06. The largest absolute Gasteiger partial charge is 0.396 e. The highest BCUT2D eigenvalue weighted by Gasteiger charge is 2.13. The van der Waals surface area contributed by atoms with Crippen LogP contribution >= 0.6 is 0 Å². The van der Waals surface area contributed by atoms with E-state index in [9.17, 15) is 14.8 Å². The van der Waals surface area contributed by atoms with Crippen molar-refractivity contribution in [3.63, 3.8) is 0 Å². The maximum atomic E-state index is 11.7. The molecule has 0 amide bonds. The minimum absolute atomic E-state index is 0.0372. The summed E-state index contributed by atoms with van der Waals surface area (Å²) < 4.78 is 0. The number of anilines is 3. The summed E-state index contributed by atoms with van der Waals surface area (Å²) in [4.78, 5) is 36.6. The Balaban J connectivity index is 2.10. The molecular formula is C16H24N8O3. The number of hydrogen-bond donors (Lipinski definition) is 5. The smallest absolute Gasteiger partial charge is 0.345 e. The van der Waals surface area contributed by atoms with E-state index >= 15 is 0 Å². The third kappa shape index (κ3) is 5.45. The summed E-state index contributed by atoms with van der Waals surface area (Å²) in [5, 5.41) is 12.1. The molecule has 0 atom stereocenters. The Labute approximate surface area is 155 Å². The van der Waals surface area contributed by atoms with Gasteiger partial charge in [0.2, 0.25) is 5.95 Å². The number of nitrogens with one attached hydrogen (secondary N) is 1. The van der Waals surface area contributed by atoms with Gasteiger partial charge in [-0.25, -0.2) is 4.79 Å². The molecule has 2 aromatic heterocycles. The number of nitroso groups, excluding NO2 is 1. The van der Waals surface area contributed by atoms with Gasteiger partial charge in [0, 0.05) is 30.7 Å². The highest BCUT2D eigenvalue weighted by molar-refractivity contribution is 5.55. The molecule has 0 aliphatic rings. The van der Waals surface area contributed by atoms with E-state index in [1.54, 1.807) is 0 Å². The van der Waals surface area contributed by atoms with Crippen molar-refractivity contribution in [2.24, 2.45) is 5.18 Å². The molecule has 11 nitrogen and oxygen atoms in total. The van der Waals surface area contributed by atoms with Crippen molar-refractivity contribution in [1.29, 1.82) is 0 Å². The van der Waals surface area contributed by atoms with Gasteiger partial charge in [0.15, 0.2) is 0 Å². The number of aliphatic hydroxyl groups is 1. The molecule has 0 aromatic carbocycles. The lowest BCUT2D eigenvalue weighted by molar-refractivity contribution is 0.297. The Kier molecular flexibility index (Phi) is 7.17. The van der Waals surface area contributed by atoms with E-state index in [2.05, 4.69) is 25.1 Å². The van der Waals surface area contributed by atoms with Gasteiger partial charge in [0.1, 0.15) is 11.6 Å². The summed E-state index contributed by atoms with van der Waals surface area (Å²) >= 11 is 0. The molecule has 2 rings (SSSR count). The van der Waals surface area contributed by atoms with Gasteiger partial charge in [-0.1, -0.05) is 5.18 Å². The molecule has 0 spiro atoms. The van der Waals surface area contributed by atoms with Gasteiger partial charge >= 0.3 is 5.69 Å². The predicted octanol–water partition coefficient (Wildman–Crippen LogP) is -0.284. The Bertz CT molecular complexity index is 829. The molecule has 146 valence electrons. The van der Waals surface area contributed by atoms with Crippen LogP contribution in [0.1, 0.15) is 35.4 Å². The Morgan fingerprint density at radius 3 is 2.15 bits per heavy atom. The molecule has 2 aromatic rings. The predicted molar refractivity (Wildman–Crippen MR) is 102 cm³/mol. The fraction of sp³-hybridized carbons (Fsp3) is 0.500. The van der Waals surface area contributed by atoms with E-state index in [-0.39, 0.29) is 37.2 Å². The van der Waals surface area contributed by atoms with Crippen LogP contribution in [0.25, 0.3) is 0 Å². The van der Waals surface area contributed by atoms with Gasteiger partial charge < -0.3 is 27.3 Å². The van der Waals surface area contributed by atoms with Crippen LogP contribution in [0.4, 0.5) is 17.6 Å². The van der Waals surface area contributed by atoms with E-state index in [4.69, 9.17) is 17.2 Å². The van der Waals surface area contributed by atoms with Gasteiger partial charge in [-0.15, -0.1) is 0 Å². The summed E-state index contributed by atoms with van der Waals surface area (Å²) in [5.41, 5.74) is 19.4. The van der Waals surface area contributed by atoms with Crippen LogP contribution in [-0.2, 0) is 25.7 Å². The lowest BCUT2D eigenvalue weighted by atomic mass is 9.99. The quantitative estimate of drug-likeness (QED) is 0.273. The number of hydrogen-bond acceptors (Lipinski definition) is 10. The van der Waals surface area contributed by atoms with E-state index in [0.29, 0.717) is 36.2 Å². The molecule has 11 heteroatoms. The van der Waals surface area contributed by atoms with Gasteiger partial charge in [-0.2, -0.15) is 19.9 Å². The molecule has 0 unspecified atom stereocenters. The molecule has 0 saturated carbocycles. The number of rotatable bonds is 10. The van der Waals surface area contributed by atoms with Crippen LogP contribution in [0.2, 0.25) is 0 Å². The van der Waals surface area contributed by atoms with Gasteiger partial charge in [-0.3, -0.25) is 0 Å². The zero-order valence-electron chi connectivity index (χ0n) is 14.9. The molecule has 0 aliphatic carbocycles. The van der Waals surface area contributed by atoms with Crippen LogP contribution in [-0.4, -0.2) is 38.2 Å². The highest BCUT2D eigenvalue weighted by Crippen LogP contribution is 2.21. The fourth-order valence-corrected chi connectivity index (χ4v) is 2.97. The number of nitrogens with zero attached hydrogens (tertiary/aromatic N) is 4. The molecule has 0 bridgehead atoms. The lowest BCUT2D eigenvalue weighted by Crippen LogP contribution is -2.20. The summed E-state index contributed by atoms with van der Waals surface area (Å²) in [7, 11) is 0. The van der Waals surface area contributed by atoms with Crippen molar-refractivity contribution >= 4 is 17.6 Å². The number of nitrogen functional groups attached to an aromatic ring is 3. The normalized spacial score (nSPS) is 10.9. The topological polar surface area (TPSA) is 199 Å². The van der Waals surface area contributed by atoms with Gasteiger partial charge in [-0.05, 0) is 31.2 Å². The van der Waals surface area contributed by atoms with Crippen LogP contribution in [0.5, 0.6) is 0 Å². The van der Waals surface area contributed by atoms with E-state index in [0.717, 1.165) is 18.4 Å². The van der Waals surface area contributed by atoms with Crippen molar-refractivity contribution in [3.8, 4) is 0 Å². The number of nitrogens with two attached hydrogens (primary N) is 3. The number of aliphatic hydroxyl groups excluding tert-OH is 1. The summed E-state index contributed by atoms with van der Waals surface area (Å²) in [6.45, 7) is -0.0635. The minimum Gasteiger partial charge on any atom is -0.396 e. The molecule has 2 heterocycles. The molecule has 0 saturated heterocycles. The SMILES string of the molecule is Nc1nc(N)c(CCCCc2c(CCN=O)nc(=O)[nH]c2CCO)c(N)n1. The van der Waals surface area contributed by atoms with Crippen LogP contribution < -0.4 is 22.9 Å². The number of unbranched alkanes of at least 4 members (excludes halogenated alkanes) is 1. The summed E-state index contributed by atoms with van der Waals surface area (Å²) in [6.07, 6.45) is 3.27. The van der Waals surface area contributed by atoms with Gasteiger partial charge in [0.05, 0.1) is 12.2 Å². The molecule has 8 N–H and O–H groups in total. The molecule has 27 heavy (non-hydrogen) atoms. The second kappa shape index (κ2) is 9.57. The Morgan fingerprint density at radius 1 is 0.926 bits per heavy atom. The molecule has 0 aliphatic heterocycles. The Hall–Kier alpha value is -3.08. The molecule has 0 fully saturated rings. The van der Waals surface area contributed by atoms with Crippen molar-refractivity contribution in [2.45, 2.75) is 38.5 Å². The fourth-order valence-electron chi connectivity index (χ4n) is 2.97. The summed E-state index contributed by atoms with van der Waals surface area (Å²) in [6, 6.07) is 0. The van der Waals surface area contributed by atoms with Crippen molar-refractivity contribution in [1.82, 2.24) is 19.9 Å². The molecule has 0 radical (unpaired) electrons. The monoisotopic (exact) mass is 376 g/mol. The summed E-state index contributed by atoms with van der Waals surface area (Å²) in [5.74, 6) is 0.573. The first-order valence-corrected chi connectivity index (χ1v) is 8.64. The third-order valence-corrected chi connectivity index (χ3v) is 4.20. The van der Waals surface area contributed by atoms with Crippen LogP contribution in [0.3, 0.4) is 0 Å². The average Bonchev–Trinajstić information content (AvgIpc) is 2.60. The third-order valence-electron chi connectivity index (χ3n) is 4.20. The number of aromatic nitrogens is 4. The van der Waals surface area contributed by atoms with Crippen LogP contribution in [0, 0.1) is 4.91 Å². The van der Waals surface area contributed by atoms with Crippen molar-refractivity contribution in [3.05, 3.63) is 37.9 Å². The first-order valence-electron chi connectivity index (χ1n) is 8.64. The maximum absolute atomic E-state index is 11.7. The average molecular weight is 376 g/mol. The maximum Gasteiger partial charge on any atom is 0.345 e. The number of H-pyrrole nitrogens is 1. The lowest BCUT2D eigenvalue weighted by Gasteiger charge is -2.13. The minimum atomic E-state index is -0.498. The zero-order chi connectivity index (χ0) is 19.8. The Morgan fingerprint density at radius 2 is 1.56 bits per heavy atom. The van der Waals surface area contributed by atoms with Crippen molar-refractivity contribution in [2.75, 3.05) is 30.4 Å².